The summed E-state index contributed by atoms with van der Waals surface area (Å²) >= 11 is 6.99. The fourth-order valence-electron chi connectivity index (χ4n) is 2.05. The number of rotatable bonds is 5. The van der Waals surface area contributed by atoms with Gasteiger partial charge < -0.3 is 9.73 Å². The third-order valence-corrected chi connectivity index (χ3v) is 4.27. The van der Waals surface area contributed by atoms with Gasteiger partial charge in [0.05, 0.1) is 5.75 Å². The third kappa shape index (κ3) is 4.98. The van der Waals surface area contributed by atoms with Crippen molar-refractivity contribution in [3.63, 3.8) is 0 Å². The van der Waals surface area contributed by atoms with E-state index in [9.17, 15) is 9.59 Å². The van der Waals surface area contributed by atoms with Crippen LogP contribution in [0.1, 0.15) is 5.56 Å². The van der Waals surface area contributed by atoms with Crippen molar-refractivity contribution in [3.05, 3.63) is 59.1 Å². The maximum absolute atomic E-state index is 11.8. The summed E-state index contributed by atoms with van der Waals surface area (Å²) in [5, 5.41) is 5.79. The number of thioether (sulfide) groups is 1. The highest BCUT2D eigenvalue weighted by Gasteiger charge is 2.12. The molecule has 0 bridgehead atoms. The molecule has 2 N–H and O–H groups in total. The zero-order chi connectivity index (χ0) is 17.6. The van der Waals surface area contributed by atoms with Crippen LogP contribution in [0.2, 0.25) is 5.02 Å². The Morgan fingerprint density at radius 1 is 1.16 bits per heavy atom. The largest absolute Gasteiger partial charge is 0.431 e. The van der Waals surface area contributed by atoms with E-state index in [1.807, 2.05) is 30.3 Å². The molecule has 0 aliphatic rings. The Hall–Kier alpha value is -2.51. The fraction of sp³-hybridized carbons (Fsp3) is 0.118. The smallest absolute Gasteiger partial charge is 0.321 e. The molecular weight excluding hydrogens is 362 g/mol. The molecule has 6 nitrogen and oxygen atoms in total. The van der Waals surface area contributed by atoms with E-state index in [1.54, 1.807) is 18.2 Å². The fourth-order valence-corrected chi connectivity index (χ4v) is 2.86. The number of aromatic nitrogens is 1. The normalized spacial score (nSPS) is 10.6. The summed E-state index contributed by atoms with van der Waals surface area (Å²) in [6.45, 7) is 0.346. The molecule has 3 aromatic rings. The van der Waals surface area contributed by atoms with Gasteiger partial charge in [-0.3, -0.25) is 10.1 Å². The van der Waals surface area contributed by atoms with E-state index in [0.29, 0.717) is 27.9 Å². The number of hydrogen-bond donors (Lipinski definition) is 2. The molecule has 3 rings (SSSR count). The first-order valence-electron chi connectivity index (χ1n) is 7.40. The Morgan fingerprint density at radius 3 is 2.76 bits per heavy atom. The van der Waals surface area contributed by atoms with Crippen molar-refractivity contribution >= 4 is 46.4 Å². The molecule has 3 amide bonds. The highest BCUT2D eigenvalue weighted by molar-refractivity contribution is 7.99. The second-order valence-electron chi connectivity index (χ2n) is 5.10. The number of halogens is 1. The van der Waals surface area contributed by atoms with Gasteiger partial charge in [0.1, 0.15) is 5.52 Å². The maximum Gasteiger partial charge on any atom is 0.321 e. The van der Waals surface area contributed by atoms with Gasteiger partial charge in [-0.25, -0.2) is 9.78 Å². The zero-order valence-electron chi connectivity index (χ0n) is 13.0. The van der Waals surface area contributed by atoms with Crippen molar-refractivity contribution < 1.29 is 14.0 Å². The molecule has 0 atom stereocenters. The lowest BCUT2D eigenvalue weighted by molar-refractivity contribution is -0.117. The minimum absolute atomic E-state index is 0.0132. The van der Waals surface area contributed by atoms with Crippen LogP contribution in [0.4, 0.5) is 4.79 Å². The van der Waals surface area contributed by atoms with Crippen LogP contribution in [0.3, 0.4) is 0 Å². The van der Waals surface area contributed by atoms with E-state index >= 15 is 0 Å². The molecule has 8 heteroatoms. The number of benzene rings is 2. The standard InChI is InChI=1S/C17H14ClN3O3S/c18-12-6-7-14-13(8-12)20-17(24-14)25-10-15(22)21-16(23)19-9-11-4-2-1-3-5-11/h1-8H,9-10H2,(H2,19,21,22,23). The molecule has 0 spiro atoms. The van der Waals surface area contributed by atoms with E-state index in [2.05, 4.69) is 15.6 Å². The number of carbonyl (C=O) groups excluding carboxylic acids is 2. The molecule has 2 aromatic carbocycles. The average Bonchev–Trinajstić information content (AvgIpc) is 3.01. The number of amides is 3. The number of fused-ring (bicyclic) bond motifs is 1. The van der Waals surface area contributed by atoms with E-state index < -0.39 is 11.9 Å². The van der Waals surface area contributed by atoms with Gasteiger partial charge >= 0.3 is 6.03 Å². The molecule has 0 fully saturated rings. The van der Waals surface area contributed by atoms with Gasteiger partial charge in [-0.05, 0) is 23.8 Å². The molecular formula is C17H14ClN3O3S. The van der Waals surface area contributed by atoms with Gasteiger partial charge in [-0.15, -0.1) is 0 Å². The van der Waals surface area contributed by atoms with Crippen molar-refractivity contribution in [2.75, 3.05) is 5.75 Å². The Morgan fingerprint density at radius 2 is 1.96 bits per heavy atom. The van der Waals surface area contributed by atoms with E-state index in [4.69, 9.17) is 16.0 Å². The molecule has 25 heavy (non-hydrogen) atoms. The maximum atomic E-state index is 11.8. The van der Waals surface area contributed by atoms with Gasteiger partial charge in [-0.1, -0.05) is 53.7 Å². The number of nitrogens with zero attached hydrogens (tertiary/aromatic N) is 1. The average molecular weight is 376 g/mol. The predicted molar refractivity (Wildman–Crippen MR) is 96.6 cm³/mol. The van der Waals surface area contributed by atoms with Crippen LogP contribution in [-0.4, -0.2) is 22.7 Å². The Labute approximate surface area is 152 Å². The summed E-state index contributed by atoms with van der Waals surface area (Å²) in [7, 11) is 0. The predicted octanol–water partition coefficient (Wildman–Crippen LogP) is 3.60. The van der Waals surface area contributed by atoms with E-state index in [1.165, 1.54) is 0 Å². The molecule has 0 aliphatic carbocycles. The molecule has 0 radical (unpaired) electrons. The van der Waals surface area contributed by atoms with Crippen LogP contribution in [0.15, 0.2) is 58.2 Å². The number of urea groups is 1. The SMILES string of the molecule is O=C(CSc1nc2cc(Cl)ccc2o1)NC(=O)NCc1ccccc1. The molecule has 1 heterocycles. The Balaban J connectivity index is 1.46. The number of imide groups is 1. The second kappa shape index (κ2) is 8.04. The van der Waals surface area contributed by atoms with Crippen LogP contribution in [0.25, 0.3) is 11.1 Å². The molecule has 0 saturated heterocycles. The van der Waals surface area contributed by atoms with Gasteiger partial charge in [0.2, 0.25) is 5.91 Å². The minimum atomic E-state index is -0.543. The molecule has 128 valence electrons. The zero-order valence-corrected chi connectivity index (χ0v) is 14.6. The van der Waals surface area contributed by atoms with Crippen LogP contribution in [0, 0.1) is 0 Å². The first kappa shape index (κ1) is 17.3. The Kier molecular flexibility index (Phi) is 5.57. The monoisotopic (exact) mass is 375 g/mol. The van der Waals surface area contributed by atoms with Crippen LogP contribution < -0.4 is 10.6 Å². The molecule has 0 saturated carbocycles. The summed E-state index contributed by atoms with van der Waals surface area (Å²) in [6, 6.07) is 14.0. The van der Waals surface area contributed by atoms with Crippen molar-refractivity contribution in [2.24, 2.45) is 0 Å². The first-order valence-corrected chi connectivity index (χ1v) is 8.77. The number of nitrogens with one attached hydrogen (secondary N) is 2. The lowest BCUT2D eigenvalue weighted by Gasteiger charge is -2.06. The van der Waals surface area contributed by atoms with Crippen LogP contribution >= 0.6 is 23.4 Å². The van der Waals surface area contributed by atoms with Gasteiger partial charge in [0.25, 0.3) is 5.22 Å². The molecule has 1 aromatic heterocycles. The van der Waals surface area contributed by atoms with Crippen LogP contribution in [0.5, 0.6) is 0 Å². The topological polar surface area (TPSA) is 84.2 Å². The van der Waals surface area contributed by atoms with Crippen molar-refractivity contribution in [1.82, 2.24) is 15.6 Å². The number of carbonyl (C=O) groups is 2. The van der Waals surface area contributed by atoms with Crippen LogP contribution in [-0.2, 0) is 11.3 Å². The summed E-state index contributed by atoms with van der Waals surface area (Å²) in [4.78, 5) is 27.8. The quantitative estimate of drug-likeness (QED) is 0.665. The van der Waals surface area contributed by atoms with E-state index in [0.717, 1.165) is 17.3 Å². The van der Waals surface area contributed by atoms with Gasteiger partial charge in [0, 0.05) is 11.6 Å². The highest BCUT2D eigenvalue weighted by Crippen LogP contribution is 2.25. The van der Waals surface area contributed by atoms with Gasteiger partial charge in [-0.2, -0.15) is 0 Å². The molecule has 0 unspecified atom stereocenters. The van der Waals surface area contributed by atoms with E-state index in [-0.39, 0.29) is 5.75 Å². The van der Waals surface area contributed by atoms with Crippen molar-refractivity contribution in [2.45, 2.75) is 11.8 Å². The summed E-state index contributed by atoms with van der Waals surface area (Å²) < 4.78 is 5.50. The number of hydrogen-bond acceptors (Lipinski definition) is 5. The van der Waals surface area contributed by atoms with Crippen molar-refractivity contribution in [3.8, 4) is 0 Å². The summed E-state index contributed by atoms with van der Waals surface area (Å²) in [6.07, 6.45) is 0. The lowest BCUT2D eigenvalue weighted by Crippen LogP contribution is -2.39. The Bertz CT molecular complexity index is 899. The molecule has 0 aliphatic heterocycles. The minimum Gasteiger partial charge on any atom is -0.431 e. The first-order chi connectivity index (χ1) is 12.1. The third-order valence-electron chi connectivity index (χ3n) is 3.21. The second-order valence-corrected chi connectivity index (χ2v) is 6.46. The lowest BCUT2D eigenvalue weighted by atomic mass is 10.2. The summed E-state index contributed by atoms with van der Waals surface area (Å²) in [5.74, 6) is -0.421. The number of oxazole rings is 1. The van der Waals surface area contributed by atoms with Crippen molar-refractivity contribution in [1.29, 1.82) is 0 Å². The van der Waals surface area contributed by atoms with Gasteiger partial charge in [0.15, 0.2) is 5.58 Å². The summed E-state index contributed by atoms with van der Waals surface area (Å²) in [5.41, 5.74) is 2.16. The highest BCUT2D eigenvalue weighted by atomic mass is 35.5.